The zero-order chi connectivity index (χ0) is 13.9. The second-order valence-electron chi connectivity index (χ2n) is 3.39. The van der Waals surface area contributed by atoms with E-state index < -0.39 is 44.2 Å². The molecule has 0 aliphatic heterocycles. The molecule has 0 atom stereocenters. The molecule has 104 valence electrons. The summed E-state index contributed by atoms with van der Waals surface area (Å²) in [6, 6.07) is 0. The van der Waals surface area contributed by atoms with E-state index in [1.54, 1.807) is 0 Å². The molecule has 0 heterocycles. The van der Waals surface area contributed by atoms with Crippen molar-refractivity contribution in [2.45, 2.75) is 6.18 Å². The molecule has 0 rings (SSSR count). The van der Waals surface area contributed by atoms with Crippen LogP contribution in [-0.2, 0) is 19.9 Å². The van der Waals surface area contributed by atoms with Crippen LogP contribution < -0.4 is 5.73 Å². The first-order valence-corrected chi connectivity index (χ1v) is 7.97. The highest BCUT2D eigenvalue weighted by molar-refractivity contribution is 8.06. The number of nitrogens with zero attached hydrogens (tertiary/aromatic N) is 1. The summed E-state index contributed by atoms with van der Waals surface area (Å²) in [5.41, 5.74) is 4.99. The highest BCUT2D eigenvalue weighted by atomic mass is 32.3. The average molecular weight is 298 g/mol. The number of sulfone groups is 1. The van der Waals surface area contributed by atoms with Crippen LogP contribution in [0.5, 0.6) is 0 Å². The Morgan fingerprint density at radius 2 is 1.65 bits per heavy atom. The number of nitrogens with two attached hydrogens (primary N) is 1. The summed E-state index contributed by atoms with van der Waals surface area (Å²) in [5.74, 6) is 0. The van der Waals surface area contributed by atoms with Gasteiger partial charge in [-0.2, -0.15) is 17.5 Å². The molecule has 0 aliphatic carbocycles. The van der Waals surface area contributed by atoms with E-state index in [0.29, 0.717) is 6.26 Å². The van der Waals surface area contributed by atoms with Gasteiger partial charge in [0.15, 0.2) is 14.9 Å². The Balaban J connectivity index is 5.06. The first kappa shape index (κ1) is 16.6. The molecular formula is C6H13F3N2O4S2. The monoisotopic (exact) mass is 298 g/mol. The summed E-state index contributed by atoms with van der Waals surface area (Å²) in [5, 5.41) is -1.36. The highest BCUT2D eigenvalue weighted by Crippen LogP contribution is 2.18. The van der Waals surface area contributed by atoms with Crippen LogP contribution in [0.3, 0.4) is 0 Å². The summed E-state index contributed by atoms with van der Waals surface area (Å²) in [6.07, 6.45) is -4.13. The Morgan fingerprint density at radius 1 is 1.18 bits per heavy atom. The van der Waals surface area contributed by atoms with Crippen LogP contribution in [0.1, 0.15) is 0 Å². The first-order valence-electron chi connectivity index (χ1n) is 4.30. The van der Waals surface area contributed by atoms with Gasteiger partial charge in [-0.25, -0.2) is 16.8 Å². The minimum absolute atomic E-state index is 0.0219. The van der Waals surface area contributed by atoms with Crippen LogP contribution >= 0.6 is 0 Å². The number of rotatable bonds is 6. The number of hydrogen-bond acceptors (Lipinski definition) is 5. The normalized spacial score (nSPS) is 14.2. The third-order valence-corrected chi connectivity index (χ3v) is 5.49. The molecular weight excluding hydrogens is 285 g/mol. The van der Waals surface area contributed by atoms with Gasteiger partial charge in [0.05, 0.1) is 0 Å². The largest absolute Gasteiger partial charge is 0.402 e. The minimum Gasteiger partial charge on any atom is -0.329 e. The molecule has 17 heavy (non-hydrogen) atoms. The van der Waals surface area contributed by atoms with Gasteiger partial charge in [0.1, 0.15) is 6.54 Å². The van der Waals surface area contributed by atoms with Crippen LogP contribution in [0.4, 0.5) is 13.2 Å². The fourth-order valence-electron chi connectivity index (χ4n) is 1.01. The number of hydrogen-bond donors (Lipinski definition) is 1. The molecule has 0 bridgehead atoms. The summed E-state index contributed by atoms with van der Waals surface area (Å²) in [6.45, 7) is -2.67. The maximum absolute atomic E-state index is 12.1. The van der Waals surface area contributed by atoms with E-state index in [2.05, 4.69) is 0 Å². The first-order chi connectivity index (χ1) is 7.37. The fourth-order valence-corrected chi connectivity index (χ4v) is 4.49. The molecule has 0 fully saturated rings. The van der Waals surface area contributed by atoms with Crippen molar-refractivity contribution >= 4 is 19.9 Å². The predicted octanol–water partition coefficient (Wildman–Crippen LogP) is -0.859. The standard InChI is InChI=1S/C6H13F3N2O4S2/c1-16(12,13)5-17(14,15)11(3-2-10)4-6(7,8)9/h2-5,10H2,1H3. The second kappa shape index (κ2) is 5.50. The van der Waals surface area contributed by atoms with E-state index in [0.717, 1.165) is 0 Å². The van der Waals surface area contributed by atoms with Crippen LogP contribution in [0, 0.1) is 0 Å². The zero-order valence-corrected chi connectivity index (χ0v) is 10.6. The van der Waals surface area contributed by atoms with Crippen molar-refractivity contribution in [1.82, 2.24) is 4.31 Å². The molecule has 2 N–H and O–H groups in total. The maximum Gasteiger partial charge on any atom is 0.402 e. The Bertz CT molecular complexity index is 442. The lowest BCUT2D eigenvalue weighted by Crippen LogP contribution is -2.43. The molecule has 0 radical (unpaired) electrons. The van der Waals surface area contributed by atoms with E-state index in [9.17, 15) is 30.0 Å². The van der Waals surface area contributed by atoms with Gasteiger partial charge in [-0.15, -0.1) is 0 Å². The summed E-state index contributed by atoms with van der Waals surface area (Å²) >= 11 is 0. The van der Waals surface area contributed by atoms with Crippen LogP contribution in [0.15, 0.2) is 0 Å². The van der Waals surface area contributed by atoms with Gasteiger partial charge in [-0.3, -0.25) is 0 Å². The lowest BCUT2D eigenvalue weighted by molar-refractivity contribution is -0.135. The Labute approximate surface area is 97.5 Å². The number of alkyl halides is 3. The van der Waals surface area contributed by atoms with Gasteiger partial charge in [0.2, 0.25) is 10.0 Å². The number of halogens is 3. The number of sulfonamides is 1. The highest BCUT2D eigenvalue weighted by Gasteiger charge is 2.37. The molecule has 0 spiro atoms. The fraction of sp³-hybridized carbons (Fsp3) is 1.00. The van der Waals surface area contributed by atoms with Crippen molar-refractivity contribution in [3.63, 3.8) is 0 Å². The van der Waals surface area contributed by atoms with Gasteiger partial charge in [-0.05, 0) is 0 Å². The Hall–Kier alpha value is -0.390. The van der Waals surface area contributed by atoms with Crippen molar-refractivity contribution in [2.24, 2.45) is 5.73 Å². The quantitative estimate of drug-likeness (QED) is 0.688. The molecule has 11 heteroatoms. The second-order valence-corrected chi connectivity index (χ2v) is 7.87. The third-order valence-electron chi connectivity index (χ3n) is 1.49. The molecule has 0 aliphatic rings. The van der Waals surface area contributed by atoms with Crippen molar-refractivity contribution in [1.29, 1.82) is 0 Å². The molecule has 0 saturated carbocycles. The molecule has 0 saturated heterocycles. The van der Waals surface area contributed by atoms with Crippen molar-refractivity contribution in [2.75, 3.05) is 31.0 Å². The zero-order valence-electron chi connectivity index (χ0n) is 8.94. The lowest BCUT2D eigenvalue weighted by atomic mass is 10.5. The van der Waals surface area contributed by atoms with Gasteiger partial charge in [0, 0.05) is 19.3 Å². The molecule has 6 nitrogen and oxygen atoms in total. The lowest BCUT2D eigenvalue weighted by Gasteiger charge is -2.22. The van der Waals surface area contributed by atoms with Crippen molar-refractivity contribution < 1.29 is 30.0 Å². The molecule has 0 amide bonds. The van der Waals surface area contributed by atoms with E-state index in [1.165, 1.54) is 0 Å². The topological polar surface area (TPSA) is 97.5 Å². The van der Waals surface area contributed by atoms with E-state index in [1.807, 2.05) is 0 Å². The van der Waals surface area contributed by atoms with Gasteiger partial charge >= 0.3 is 6.18 Å². The van der Waals surface area contributed by atoms with Gasteiger partial charge in [0.25, 0.3) is 0 Å². The van der Waals surface area contributed by atoms with E-state index in [-0.39, 0.29) is 10.8 Å². The van der Waals surface area contributed by atoms with Gasteiger partial charge < -0.3 is 5.73 Å². The molecule has 0 aromatic carbocycles. The minimum atomic E-state index is -4.75. The van der Waals surface area contributed by atoms with Crippen LogP contribution in [0.25, 0.3) is 0 Å². The molecule has 0 aromatic rings. The van der Waals surface area contributed by atoms with Crippen LogP contribution in [0.2, 0.25) is 0 Å². The average Bonchev–Trinajstić information content (AvgIpc) is 1.95. The summed E-state index contributed by atoms with van der Waals surface area (Å²) < 4.78 is 80.7. The molecule has 0 unspecified atom stereocenters. The molecule has 0 aromatic heterocycles. The van der Waals surface area contributed by atoms with Crippen molar-refractivity contribution in [3.05, 3.63) is 0 Å². The summed E-state index contributed by atoms with van der Waals surface area (Å²) in [4.78, 5) is 0. The maximum atomic E-state index is 12.1. The van der Waals surface area contributed by atoms with E-state index >= 15 is 0 Å². The van der Waals surface area contributed by atoms with Gasteiger partial charge in [-0.1, -0.05) is 0 Å². The SMILES string of the molecule is CS(=O)(=O)CS(=O)(=O)N(CCN)CC(F)(F)F. The Kier molecular flexibility index (Phi) is 5.38. The smallest absolute Gasteiger partial charge is 0.329 e. The van der Waals surface area contributed by atoms with Crippen molar-refractivity contribution in [3.8, 4) is 0 Å². The van der Waals surface area contributed by atoms with E-state index in [4.69, 9.17) is 5.73 Å². The predicted molar refractivity (Wildman–Crippen MR) is 55.3 cm³/mol. The van der Waals surface area contributed by atoms with Crippen LogP contribution in [-0.4, -0.2) is 58.3 Å². The third kappa shape index (κ3) is 7.52. The summed E-state index contributed by atoms with van der Waals surface area (Å²) in [7, 11) is -8.47. The Morgan fingerprint density at radius 3 is 1.94 bits per heavy atom.